The predicted octanol–water partition coefficient (Wildman–Crippen LogP) is 13.2. The Morgan fingerprint density at radius 3 is 0.978 bits per heavy atom. The van der Waals surface area contributed by atoms with Crippen LogP contribution in [0.4, 0.5) is 34.1 Å². The monoisotopic (exact) mass is 608 g/mol. The van der Waals surface area contributed by atoms with Crippen molar-refractivity contribution in [1.82, 2.24) is 0 Å². The molecule has 238 valence electrons. The summed E-state index contributed by atoms with van der Waals surface area (Å²) >= 11 is 0. The van der Waals surface area contributed by atoms with E-state index in [2.05, 4.69) is 162 Å². The van der Waals surface area contributed by atoms with Gasteiger partial charge in [-0.15, -0.1) is 0 Å². The molecular formula is C44H52N2. The molecule has 0 N–H and O–H groups in total. The third-order valence-electron chi connectivity index (χ3n) is 9.14. The quantitative estimate of drug-likeness (QED) is 0.139. The zero-order chi connectivity index (χ0) is 32.8. The van der Waals surface area contributed by atoms with E-state index in [1.54, 1.807) is 0 Å². The fourth-order valence-electron chi connectivity index (χ4n) is 6.80. The molecule has 0 saturated heterocycles. The third kappa shape index (κ3) is 7.39. The van der Waals surface area contributed by atoms with Gasteiger partial charge in [-0.2, -0.15) is 0 Å². The molecule has 5 aromatic carbocycles. The summed E-state index contributed by atoms with van der Waals surface area (Å²) in [4.78, 5) is 4.87. The number of nitrogens with zero attached hydrogens (tertiary/aromatic N) is 2. The molecule has 0 atom stereocenters. The van der Waals surface area contributed by atoms with Crippen molar-refractivity contribution in [3.63, 3.8) is 0 Å². The van der Waals surface area contributed by atoms with Crippen molar-refractivity contribution in [2.24, 2.45) is 0 Å². The van der Waals surface area contributed by atoms with Gasteiger partial charge in [-0.1, -0.05) is 86.3 Å². The molecule has 46 heavy (non-hydrogen) atoms. The normalized spacial score (nSPS) is 11.1. The topological polar surface area (TPSA) is 6.48 Å². The molecule has 5 aromatic rings. The Balaban J connectivity index is 1.65. The van der Waals surface area contributed by atoms with Gasteiger partial charge in [0.25, 0.3) is 0 Å². The highest BCUT2D eigenvalue weighted by Gasteiger charge is 2.22. The van der Waals surface area contributed by atoms with E-state index >= 15 is 0 Å². The summed E-state index contributed by atoms with van der Waals surface area (Å²) in [5.41, 5.74) is 17.9. The van der Waals surface area contributed by atoms with E-state index in [1.165, 1.54) is 87.3 Å². The van der Waals surface area contributed by atoms with E-state index in [1.807, 2.05) is 0 Å². The summed E-state index contributed by atoms with van der Waals surface area (Å²) in [7, 11) is 0. The highest BCUT2D eigenvalue weighted by Crippen LogP contribution is 2.44. The average Bonchev–Trinajstić information content (AvgIpc) is 3.03. The van der Waals surface area contributed by atoms with Crippen LogP contribution in [0.15, 0.2) is 97.1 Å². The maximum absolute atomic E-state index is 2.52. The summed E-state index contributed by atoms with van der Waals surface area (Å²) in [6.07, 6.45) is 7.13. The Labute approximate surface area is 278 Å². The number of rotatable bonds is 12. The van der Waals surface area contributed by atoms with Crippen molar-refractivity contribution in [3.8, 4) is 0 Å². The van der Waals surface area contributed by atoms with Gasteiger partial charge in [0.15, 0.2) is 0 Å². The first-order valence-corrected chi connectivity index (χ1v) is 17.2. The molecule has 0 saturated carbocycles. The zero-order valence-electron chi connectivity index (χ0n) is 29.4. The van der Waals surface area contributed by atoms with Crippen LogP contribution < -0.4 is 9.80 Å². The average molecular weight is 609 g/mol. The number of aryl methyl sites for hydroxylation is 8. The van der Waals surface area contributed by atoms with E-state index < -0.39 is 0 Å². The first-order chi connectivity index (χ1) is 22.2. The van der Waals surface area contributed by atoms with Crippen LogP contribution in [0.3, 0.4) is 0 Å². The van der Waals surface area contributed by atoms with Crippen molar-refractivity contribution in [2.45, 2.75) is 93.9 Å². The largest absolute Gasteiger partial charge is 0.311 e. The standard InChI is InChI=1S/C44H52N2/c1-9-11-13-37-27-33(5)43(34(6)28-37)46(44-35(7)29-38(14-12-10-2)30-36(44)8)42-25-23-41(24-26-42)45(39-19-15-31(3)16-20-39)40-21-17-32(4)18-22-40/h15-30H,9-14H2,1-8H3. The van der Waals surface area contributed by atoms with Crippen molar-refractivity contribution >= 4 is 34.1 Å². The zero-order valence-corrected chi connectivity index (χ0v) is 29.4. The Morgan fingerprint density at radius 1 is 0.391 bits per heavy atom. The lowest BCUT2D eigenvalue weighted by Gasteiger charge is -2.33. The lowest BCUT2D eigenvalue weighted by molar-refractivity contribution is 0.793. The van der Waals surface area contributed by atoms with Crippen LogP contribution in [-0.2, 0) is 12.8 Å². The van der Waals surface area contributed by atoms with Crippen LogP contribution in [-0.4, -0.2) is 0 Å². The van der Waals surface area contributed by atoms with Gasteiger partial charge in [-0.05, 0) is 149 Å². The molecule has 5 rings (SSSR count). The molecule has 0 aliphatic rings. The molecule has 2 heteroatoms. The molecule has 0 aromatic heterocycles. The maximum atomic E-state index is 2.52. The lowest BCUT2D eigenvalue weighted by Crippen LogP contribution is -2.16. The van der Waals surface area contributed by atoms with Crippen LogP contribution >= 0.6 is 0 Å². The van der Waals surface area contributed by atoms with E-state index in [9.17, 15) is 0 Å². The van der Waals surface area contributed by atoms with E-state index in [0.29, 0.717) is 0 Å². The van der Waals surface area contributed by atoms with Gasteiger partial charge < -0.3 is 9.80 Å². The summed E-state index contributed by atoms with van der Waals surface area (Å²) in [5.74, 6) is 0. The highest BCUT2D eigenvalue weighted by molar-refractivity contribution is 5.85. The third-order valence-corrected chi connectivity index (χ3v) is 9.14. The van der Waals surface area contributed by atoms with Crippen LogP contribution in [0.25, 0.3) is 0 Å². The predicted molar refractivity (Wildman–Crippen MR) is 201 cm³/mol. The second-order valence-corrected chi connectivity index (χ2v) is 13.2. The van der Waals surface area contributed by atoms with Gasteiger partial charge >= 0.3 is 0 Å². The van der Waals surface area contributed by atoms with Crippen molar-refractivity contribution in [2.75, 3.05) is 9.80 Å². The molecule has 0 aliphatic heterocycles. The van der Waals surface area contributed by atoms with Crippen molar-refractivity contribution in [3.05, 3.63) is 142 Å². The van der Waals surface area contributed by atoms with Crippen LogP contribution in [0.5, 0.6) is 0 Å². The summed E-state index contributed by atoms with van der Waals surface area (Å²) < 4.78 is 0. The molecule has 0 bridgehead atoms. The second-order valence-electron chi connectivity index (χ2n) is 13.2. The molecular weight excluding hydrogens is 556 g/mol. The summed E-state index contributed by atoms with van der Waals surface area (Å²) in [6.45, 7) is 18.0. The first-order valence-electron chi connectivity index (χ1n) is 17.2. The minimum Gasteiger partial charge on any atom is -0.311 e. The van der Waals surface area contributed by atoms with Gasteiger partial charge in [0.2, 0.25) is 0 Å². The van der Waals surface area contributed by atoms with Gasteiger partial charge in [0.05, 0.1) is 11.4 Å². The maximum Gasteiger partial charge on any atom is 0.0520 e. The van der Waals surface area contributed by atoms with E-state index in [0.717, 1.165) is 29.9 Å². The number of benzene rings is 5. The van der Waals surface area contributed by atoms with E-state index in [4.69, 9.17) is 0 Å². The van der Waals surface area contributed by atoms with Gasteiger partial charge in [-0.3, -0.25) is 0 Å². The van der Waals surface area contributed by atoms with E-state index in [-0.39, 0.29) is 0 Å². The van der Waals surface area contributed by atoms with Crippen LogP contribution in [0.2, 0.25) is 0 Å². The van der Waals surface area contributed by atoms with Crippen molar-refractivity contribution in [1.29, 1.82) is 0 Å². The molecule has 0 spiro atoms. The molecule has 0 fully saturated rings. The minimum absolute atomic E-state index is 1.13. The molecule has 0 aliphatic carbocycles. The van der Waals surface area contributed by atoms with Gasteiger partial charge in [0, 0.05) is 22.7 Å². The number of hydrogen-bond donors (Lipinski definition) is 0. The minimum atomic E-state index is 1.13. The first kappa shape index (κ1) is 33.1. The molecule has 0 heterocycles. The summed E-state index contributed by atoms with van der Waals surface area (Å²) in [5, 5.41) is 0. The number of hydrogen-bond acceptors (Lipinski definition) is 2. The van der Waals surface area contributed by atoms with Gasteiger partial charge in [-0.25, -0.2) is 0 Å². The van der Waals surface area contributed by atoms with Crippen LogP contribution in [0.1, 0.15) is 84.0 Å². The summed E-state index contributed by atoms with van der Waals surface area (Å²) in [6, 6.07) is 36.5. The number of unbranched alkanes of at least 4 members (excludes halogenated alkanes) is 2. The second kappa shape index (κ2) is 14.9. The Morgan fingerprint density at radius 2 is 0.674 bits per heavy atom. The highest BCUT2D eigenvalue weighted by atomic mass is 15.2. The molecule has 0 unspecified atom stereocenters. The van der Waals surface area contributed by atoms with Crippen LogP contribution in [0, 0.1) is 41.5 Å². The Bertz CT molecular complexity index is 1590. The molecule has 0 amide bonds. The van der Waals surface area contributed by atoms with Gasteiger partial charge in [0.1, 0.15) is 0 Å². The Kier molecular flexibility index (Phi) is 10.7. The molecule has 0 radical (unpaired) electrons. The lowest BCUT2D eigenvalue weighted by atomic mass is 9.96. The number of anilines is 6. The van der Waals surface area contributed by atoms with Crippen molar-refractivity contribution < 1.29 is 0 Å². The Hall–Kier alpha value is -4.30. The SMILES string of the molecule is CCCCc1cc(C)c(N(c2ccc(N(c3ccc(C)cc3)c3ccc(C)cc3)cc2)c2c(C)cc(CCCC)cc2C)c(C)c1. The molecule has 2 nitrogen and oxygen atoms in total. The fourth-order valence-corrected chi connectivity index (χ4v) is 6.80. The fraction of sp³-hybridized carbons (Fsp3) is 0.318. The smallest absolute Gasteiger partial charge is 0.0520 e.